The summed E-state index contributed by atoms with van der Waals surface area (Å²) in [5.74, 6) is 7.57. The predicted octanol–water partition coefficient (Wildman–Crippen LogP) is 1.92. The highest BCUT2D eigenvalue weighted by atomic mass is 16.5. The van der Waals surface area contributed by atoms with Gasteiger partial charge in [-0.1, -0.05) is 6.92 Å². The Bertz CT molecular complexity index is 363. The Morgan fingerprint density at radius 3 is 2.79 bits per heavy atom. The summed E-state index contributed by atoms with van der Waals surface area (Å²) in [6.07, 6.45) is 4.58. The smallest absolute Gasteiger partial charge is 0.0673 e. The van der Waals surface area contributed by atoms with Crippen molar-refractivity contribution in [1.82, 2.24) is 0 Å². The third-order valence-electron chi connectivity index (χ3n) is 7.49. The molecule has 2 heterocycles. The van der Waals surface area contributed by atoms with Crippen molar-refractivity contribution < 1.29 is 4.74 Å². The Morgan fingerprint density at radius 2 is 1.86 bits per heavy atom. The van der Waals surface area contributed by atoms with Gasteiger partial charge in [0.25, 0.3) is 0 Å². The minimum atomic E-state index is 0.677. The van der Waals surface area contributed by atoms with Gasteiger partial charge in [0.2, 0.25) is 0 Å². The van der Waals surface area contributed by atoms with Gasteiger partial charge in [-0.3, -0.25) is 0 Å². The van der Waals surface area contributed by atoms with Crippen LogP contribution in [0.4, 0.5) is 0 Å². The van der Waals surface area contributed by atoms with E-state index in [4.69, 9.17) is 4.74 Å². The topological polar surface area (TPSA) is 9.23 Å². The van der Waals surface area contributed by atoms with Crippen molar-refractivity contribution >= 4 is 0 Å². The van der Waals surface area contributed by atoms with E-state index >= 15 is 0 Å². The van der Waals surface area contributed by atoms with Crippen molar-refractivity contribution in [2.24, 2.45) is 46.8 Å². The first-order chi connectivity index (χ1) is 6.83. The van der Waals surface area contributed by atoms with Gasteiger partial charge < -0.3 is 4.74 Å². The lowest BCUT2D eigenvalue weighted by atomic mass is 9.44. The van der Waals surface area contributed by atoms with Crippen molar-refractivity contribution in [3.8, 4) is 0 Å². The van der Waals surface area contributed by atoms with Gasteiger partial charge in [0, 0.05) is 5.41 Å². The van der Waals surface area contributed by atoms with Crippen LogP contribution in [-0.4, -0.2) is 12.2 Å². The van der Waals surface area contributed by atoms with Gasteiger partial charge in [-0.15, -0.1) is 0 Å². The highest BCUT2D eigenvalue weighted by Crippen LogP contribution is 2.89. The number of fused-ring (bicyclic) bond motifs is 1. The molecular weight excluding hydrogens is 172 g/mol. The lowest BCUT2D eigenvalue weighted by molar-refractivity contribution is -0.125. The van der Waals surface area contributed by atoms with Crippen molar-refractivity contribution in [3.05, 3.63) is 0 Å². The first kappa shape index (κ1) is 6.52. The molecule has 0 N–H and O–H groups in total. The van der Waals surface area contributed by atoms with Crippen molar-refractivity contribution in [3.63, 3.8) is 0 Å². The van der Waals surface area contributed by atoms with Crippen LogP contribution in [0, 0.1) is 46.8 Å². The van der Waals surface area contributed by atoms with E-state index in [-0.39, 0.29) is 0 Å². The van der Waals surface area contributed by atoms with E-state index < -0.39 is 0 Å². The summed E-state index contributed by atoms with van der Waals surface area (Å²) in [7, 11) is 0. The maximum absolute atomic E-state index is 6.35. The number of ether oxygens (including phenoxy) is 1. The van der Waals surface area contributed by atoms with Gasteiger partial charge in [-0.25, -0.2) is 0 Å². The molecule has 74 valence electrons. The van der Waals surface area contributed by atoms with Crippen LogP contribution in [-0.2, 0) is 4.74 Å². The Labute approximate surface area is 84.2 Å². The largest absolute Gasteiger partial charge is 0.373 e. The van der Waals surface area contributed by atoms with Gasteiger partial charge in [0.15, 0.2) is 0 Å². The van der Waals surface area contributed by atoms with Crippen LogP contribution < -0.4 is 0 Å². The van der Waals surface area contributed by atoms with Gasteiger partial charge in [-0.05, 0) is 54.3 Å². The molecule has 1 nitrogen and oxygen atoms in total. The molecule has 10 unspecified atom stereocenters. The van der Waals surface area contributed by atoms with Gasteiger partial charge in [0.05, 0.1) is 12.2 Å². The fourth-order valence-corrected chi connectivity index (χ4v) is 7.72. The second-order valence-corrected chi connectivity index (χ2v) is 7.08. The Kier molecular flexibility index (Phi) is 0.668. The maximum Gasteiger partial charge on any atom is 0.0673 e. The van der Waals surface area contributed by atoms with Crippen LogP contribution >= 0.6 is 0 Å². The number of hydrogen-bond acceptors (Lipinski definition) is 1. The third kappa shape index (κ3) is 0.320. The van der Waals surface area contributed by atoms with E-state index in [1.165, 1.54) is 0 Å². The van der Waals surface area contributed by atoms with Crippen LogP contribution in [0.1, 0.15) is 19.8 Å². The zero-order valence-electron chi connectivity index (χ0n) is 8.52. The van der Waals surface area contributed by atoms with E-state index in [9.17, 15) is 0 Å². The average molecular weight is 188 g/mol. The predicted molar refractivity (Wildman–Crippen MR) is 50.4 cm³/mol. The molecule has 10 atom stereocenters. The standard InChI is InChI=1S/C13H16O/c1-13-9-5-3-2-4-6-7(5)12(13)14-11(6)10(13)8(4)9/h4-12H,2-3H2,1H3. The summed E-state index contributed by atoms with van der Waals surface area (Å²) in [6, 6.07) is 0. The summed E-state index contributed by atoms with van der Waals surface area (Å²) in [5.41, 5.74) is 0.677. The molecule has 7 fully saturated rings. The molecule has 2 aliphatic heterocycles. The molecule has 7 aliphatic rings. The molecule has 0 aromatic rings. The van der Waals surface area contributed by atoms with Crippen LogP contribution in [0.25, 0.3) is 0 Å². The van der Waals surface area contributed by atoms with Crippen LogP contribution in [0.15, 0.2) is 0 Å². The normalized spacial score (nSPS) is 88.5. The average Bonchev–Trinajstić information content (AvgIpc) is 2.73. The molecule has 0 radical (unpaired) electrons. The van der Waals surface area contributed by atoms with Crippen LogP contribution in [0.3, 0.4) is 0 Å². The number of rotatable bonds is 0. The van der Waals surface area contributed by atoms with Crippen molar-refractivity contribution in [1.29, 1.82) is 0 Å². The van der Waals surface area contributed by atoms with Crippen LogP contribution in [0.5, 0.6) is 0 Å². The quantitative estimate of drug-likeness (QED) is 0.564. The Morgan fingerprint density at radius 1 is 1.00 bits per heavy atom. The lowest BCUT2D eigenvalue weighted by Crippen LogP contribution is -2.57. The molecule has 14 heavy (non-hydrogen) atoms. The molecule has 0 aromatic carbocycles. The maximum atomic E-state index is 6.35. The second kappa shape index (κ2) is 1.43. The third-order valence-corrected chi connectivity index (χ3v) is 7.49. The van der Waals surface area contributed by atoms with E-state index in [1.807, 2.05) is 0 Å². The minimum Gasteiger partial charge on any atom is -0.373 e. The first-order valence-electron chi connectivity index (χ1n) is 6.49. The van der Waals surface area contributed by atoms with E-state index in [2.05, 4.69) is 6.92 Å². The molecule has 0 amide bonds. The molecule has 1 heteroatoms. The molecular formula is C13H16O. The molecule has 0 aromatic heterocycles. The van der Waals surface area contributed by atoms with Gasteiger partial charge in [-0.2, -0.15) is 0 Å². The van der Waals surface area contributed by atoms with Crippen molar-refractivity contribution in [2.45, 2.75) is 32.0 Å². The molecule has 4 bridgehead atoms. The van der Waals surface area contributed by atoms with Gasteiger partial charge in [0.1, 0.15) is 0 Å². The molecule has 0 spiro atoms. The SMILES string of the molecule is CC12C3OC4C5C6CCC(C53)C1C6C42. The minimum absolute atomic E-state index is 0.677. The highest BCUT2D eigenvalue weighted by Gasteiger charge is 2.90. The first-order valence-corrected chi connectivity index (χ1v) is 6.49. The summed E-state index contributed by atoms with van der Waals surface area (Å²) >= 11 is 0. The fourth-order valence-electron chi connectivity index (χ4n) is 7.72. The fraction of sp³-hybridized carbons (Fsp3) is 1.00. The number of hydrogen-bond donors (Lipinski definition) is 0. The summed E-state index contributed by atoms with van der Waals surface area (Å²) in [5, 5.41) is 0. The zero-order valence-corrected chi connectivity index (χ0v) is 8.52. The zero-order chi connectivity index (χ0) is 8.82. The van der Waals surface area contributed by atoms with E-state index in [1.54, 1.807) is 12.8 Å². The molecule has 2 saturated heterocycles. The monoisotopic (exact) mass is 188 g/mol. The highest BCUT2D eigenvalue weighted by molar-refractivity contribution is 5.36. The summed E-state index contributed by atoms with van der Waals surface area (Å²) < 4.78 is 6.35. The molecule has 5 aliphatic carbocycles. The van der Waals surface area contributed by atoms with Gasteiger partial charge >= 0.3 is 0 Å². The Hall–Kier alpha value is -0.0400. The van der Waals surface area contributed by atoms with Crippen molar-refractivity contribution in [2.75, 3.05) is 0 Å². The summed E-state index contributed by atoms with van der Waals surface area (Å²) in [6.45, 7) is 2.57. The molecule has 7 rings (SSSR count). The summed E-state index contributed by atoms with van der Waals surface area (Å²) in [4.78, 5) is 0. The molecule has 5 saturated carbocycles. The van der Waals surface area contributed by atoms with E-state index in [0.717, 1.165) is 53.6 Å². The lowest BCUT2D eigenvalue weighted by Gasteiger charge is -2.59. The Balaban J connectivity index is 1.77. The van der Waals surface area contributed by atoms with Crippen LogP contribution in [0.2, 0.25) is 0 Å². The second-order valence-electron chi connectivity index (χ2n) is 7.08. The van der Waals surface area contributed by atoms with E-state index in [0.29, 0.717) is 5.41 Å².